The Hall–Kier alpha value is -4.41. The van der Waals surface area contributed by atoms with Gasteiger partial charge in [-0.1, -0.05) is 30.3 Å². The van der Waals surface area contributed by atoms with E-state index in [1.165, 1.54) is 0 Å². The lowest BCUT2D eigenvalue weighted by molar-refractivity contribution is -0.192. The molecule has 1 aliphatic heterocycles. The molecule has 0 spiro atoms. The number of amides is 2. The fraction of sp³-hybridized carbons (Fsp3) is 0.200. The second kappa shape index (κ2) is 11.3. The molecule has 3 aromatic rings. The Kier molecular flexibility index (Phi) is 8.26. The van der Waals surface area contributed by atoms with E-state index in [1.807, 2.05) is 60.7 Å². The number of halogens is 3. The highest BCUT2D eigenvalue weighted by atomic mass is 19.4. The molecular weight excluding hydrogens is 477 g/mol. The number of rotatable bonds is 5. The van der Waals surface area contributed by atoms with Gasteiger partial charge < -0.3 is 20.6 Å². The van der Waals surface area contributed by atoms with Crippen LogP contribution in [-0.2, 0) is 27.3 Å². The van der Waals surface area contributed by atoms with Crippen LogP contribution in [0.1, 0.15) is 11.1 Å². The summed E-state index contributed by atoms with van der Waals surface area (Å²) in [7, 11) is 1.72. The number of para-hydroxylation sites is 1. The first-order valence-corrected chi connectivity index (χ1v) is 10.8. The molecule has 1 atom stereocenters. The van der Waals surface area contributed by atoms with Gasteiger partial charge in [-0.05, 0) is 47.9 Å². The number of hydrogen-bond donors (Lipinski definition) is 3. The van der Waals surface area contributed by atoms with E-state index in [4.69, 9.17) is 9.90 Å². The van der Waals surface area contributed by atoms with Gasteiger partial charge in [-0.25, -0.2) is 4.79 Å². The zero-order chi connectivity index (χ0) is 26.3. The minimum Gasteiger partial charge on any atom is -0.475 e. The highest BCUT2D eigenvalue weighted by Crippen LogP contribution is 2.29. The number of benzene rings is 2. The minimum atomic E-state index is -5.08. The number of carboxylic acids is 1. The number of carbonyl (C=O) groups is 3. The van der Waals surface area contributed by atoms with E-state index in [9.17, 15) is 22.8 Å². The summed E-state index contributed by atoms with van der Waals surface area (Å²) in [5, 5.41) is 13.3. The molecule has 2 heterocycles. The zero-order valence-electron chi connectivity index (χ0n) is 19.1. The smallest absolute Gasteiger partial charge is 0.475 e. The maximum atomic E-state index is 12.7. The summed E-state index contributed by atoms with van der Waals surface area (Å²) in [5.41, 5.74) is 4.77. The molecule has 2 amide bonds. The lowest BCUT2D eigenvalue weighted by atomic mass is 9.91. The van der Waals surface area contributed by atoms with Crippen molar-refractivity contribution in [3.8, 4) is 0 Å². The summed E-state index contributed by atoms with van der Waals surface area (Å²) in [6, 6.07) is 19.3. The Bertz CT molecular complexity index is 1220. The van der Waals surface area contributed by atoms with Gasteiger partial charge in [0.05, 0.1) is 0 Å². The average Bonchev–Trinajstić information content (AvgIpc) is 2.86. The number of anilines is 3. The van der Waals surface area contributed by atoms with Crippen molar-refractivity contribution < 1.29 is 32.7 Å². The fourth-order valence-electron chi connectivity index (χ4n) is 3.50. The molecule has 4 rings (SSSR count). The largest absolute Gasteiger partial charge is 0.490 e. The van der Waals surface area contributed by atoms with E-state index in [2.05, 4.69) is 15.6 Å². The van der Waals surface area contributed by atoms with E-state index < -0.39 is 18.1 Å². The molecule has 11 heteroatoms. The van der Waals surface area contributed by atoms with E-state index in [-0.39, 0.29) is 11.8 Å². The van der Waals surface area contributed by atoms with Crippen LogP contribution in [0.2, 0.25) is 0 Å². The maximum Gasteiger partial charge on any atom is 0.490 e. The van der Waals surface area contributed by atoms with E-state index in [1.54, 1.807) is 24.3 Å². The highest BCUT2D eigenvalue weighted by molar-refractivity contribution is 6.09. The summed E-state index contributed by atoms with van der Waals surface area (Å²) >= 11 is 0. The number of nitrogens with one attached hydrogen (secondary N) is 2. The van der Waals surface area contributed by atoms with Crippen LogP contribution in [0.4, 0.5) is 30.2 Å². The van der Waals surface area contributed by atoms with Crippen molar-refractivity contribution in [2.24, 2.45) is 5.92 Å². The van der Waals surface area contributed by atoms with Crippen LogP contribution in [-0.4, -0.2) is 41.1 Å². The fourth-order valence-corrected chi connectivity index (χ4v) is 3.50. The van der Waals surface area contributed by atoms with Crippen LogP contribution in [0, 0.1) is 5.92 Å². The Morgan fingerprint density at radius 3 is 2.22 bits per heavy atom. The molecule has 1 unspecified atom stereocenters. The molecule has 1 aliphatic rings. The van der Waals surface area contributed by atoms with Crippen molar-refractivity contribution in [1.29, 1.82) is 0 Å². The average molecular weight is 500 g/mol. The Labute approximate surface area is 204 Å². The third-order valence-corrected chi connectivity index (χ3v) is 5.35. The third-order valence-electron chi connectivity index (χ3n) is 5.35. The second-order valence-corrected chi connectivity index (χ2v) is 7.86. The highest BCUT2D eigenvalue weighted by Gasteiger charge is 2.38. The number of carboxylic acid groups (broad SMARTS) is 1. The number of aliphatic carboxylic acids is 1. The molecule has 0 radical (unpaired) electrons. The predicted molar refractivity (Wildman–Crippen MR) is 127 cm³/mol. The lowest BCUT2D eigenvalue weighted by Crippen LogP contribution is -2.46. The number of fused-ring (bicyclic) bond motifs is 1. The monoisotopic (exact) mass is 500 g/mol. The standard InChI is InChI=1S/C23H22N4O2.C2HF3O2/c1-27-21-5-3-2-4-17(21)14-20(23(27)29)22(28)25-15-16-6-8-18(9-7-16)26-19-10-12-24-13-11-19;3-2(4,5)1(6)7/h2-13,20H,14-15H2,1H3,(H,24,26)(H,25,28);(H,6,7). The molecule has 0 fully saturated rings. The maximum absolute atomic E-state index is 12.7. The lowest BCUT2D eigenvalue weighted by Gasteiger charge is -2.30. The number of alkyl halides is 3. The van der Waals surface area contributed by atoms with E-state index in [0.29, 0.717) is 13.0 Å². The molecule has 8 nitrogen and oxygen atoms in total. The molecule has 0 saturated heterocycles. The molecule has 36 heavy (non-hydrogen) atoms. The number of pyridine rings is 1. The van der Waals surface area contributed by atoms with Gasteiger partial charge in [-0.15, -0.1) is 0 Å². The quantitative estimate of drug-likeness (QED) is 0.458. The number of hydrogen-bond acceptors (Lipinski definition) is 5. The first kappa shape index (κ1) is 26.2. The van der Waals surface area contributed by atoms with Crippen LogP contribution >= 0.6 is 0 Å². The minimum absolute atomic E-state index is 0.168. The summed E-state index contributed by atoms with van der Waals surface area (Å²) in [5.74, 6) is -3.86. The SMILES string of the molecule is CN1C(=O)C(C(=O)NCc2ccc(Nc3ccncc3)cc2)Cc2ccccc21.O=C(O)C(F)(F)F. The first-order valence-electron chi connectivity index (χ1n) is 10.8. The molecule has 0 saturated carbocycles. The Balaban J connectivity index is 0.000000454. The summed E-state index contributed by atoms with van der Waals surface area (Å²) in [6.07, 6.45) is -1.19. The predicted octanol–water partition coefficient (Wildman–Crippen LogP) is 3.91. The van der Waals surface area contributed by atoms with Crippen molar-refractivity contribution in [1.82, 2.24) is 10.3 Å². The van der Waals surface area contributed by atoms with Crippen LogP contribution in [0.15, 0.2) is 73.1 Å². The van der Waals surface area contributed by atoms with Crippen molar-refractivity contribution >= 4 is 34.8 Å². The van der Waals surface area contributed by atoms with Gasteiger partial charge in [0.25, 0.3) is 0 Å². The number of carbonyl (C=O) groups excluding carboxylic acids is 2. The van der Waals surface area contributed by atoms with Crippen LogP contribution in [0.5, 0.6) is 0 Å². The van der Waals surface area contributed by atoms with Crippen LogP contribution in [0.3, 0.4) is 0 Å². The normalized spacial score (nSPS) is 14.7. The van der Waals surface area contributed by atoms with Crippen molar-refractivity contribution in [2.75, 3.05) is 17.3 Å². The molecule has 0 bridgehead atoms. The van der Waals surface area contributed by atoms with Crippen LogP contribution in [0.25, 0.3) is 0 Å². The van der Waals surface area contributed by atoms with Gasteiger partial charge >= 0.3 is 12.1 Å². The molecule has 3 N–H and O–H groups in total. The molecular formula is C25H23F3N4O4. The van der Waals surface area contributed by atoms with Gasteiger partial charge in [0.1, 0.15) is 5.92 Å². The van der Waals surface area contributed by atoms with Crippen molar-refractivity contribution in [3.63, 3.8) is 0 Å². The summed E-state index contributed by atoms with van der Waals surface area (Å²) in [6.45, 7) is 0.378. The molecule has 1 aromatic heterocycles. The van der Waals surface area contributed by atoms with Gasteiger partial charge in [0, 0.05) is 43.0 Å². The third kappa shape index (κ3) is 6.81. The van der Waals surface area contributed by atoms with Gasteiger partial charge in [0.15, 0.2) is 0 Å². The zero-order valence-corrected chi connectivity index (χ0v) is 19.1. The van der Waals surface area contributed by atoms with Gasteiger partial charge in [-0.2, -0.15) is 13.2 Å². The van der Waals surface area contributed by atoms with E-state index in [0.717, 1.165) is 28.2 Å². The van der Waals surface area contributed by atoms with Gasteiger partial charge in [0.2, 0.25) is 11.8 Å². The van der Waals surface area contributed by atoms with E-state index >= 15 is 0 Å². The Morgan fingerprint density at radius 1 is 1.03 bits per heavy atom. The molecule has 2 aromatic carbocycles. The molecule has 0 aliphatic carbocycles. The van der Waals surface area contributed by atoms with Crippen LogP contribution < -0.4 is 15.5 Å². The van der Waals surface area contributed by atoms with Crippen molar-refractivity contribution in [2.45, 2.75) is 19.1 Å². The van der Waals surface area contributed by atoms with Crippen molar-refractivity contribution in [3.05, 3.63) is 84.2 Å². The number of aromatic nitrogens is 1. The number of nitrogens with zero attached hydrogens (tertiary/aromatic N) is 2. The second-order valence-electron chi connectivity index (χ2n) is 7.86. The topological polar surface area (TPSA) is 112 Å². The first-order chi connectivity index (χ1) is 17.1. The molecule has 188 valence electrons. The van der Waals surface area contributed by atoms with Gasteiger partial charge in [-0.3, -0.25) is 14.6 Å². The summed E-state index contributed by atoms with van der Waals surface area (Å²) < 4.78 is 31.7. The Morgan fingerprint density at radius 2 is 1.61 bits per heavy atom. The summed E-state index contributed by atoms with van der Waals surface area (Å²) in [4.78, 5) is 39.7.